The average Bonchev–Trinajstić information content (AvgIpc) is 2.61. The van der Waals surface area contributed by atoms with Crippen molar-refractivity contribution in [2.24, 2.45) is 0 Å². The highest BCUT2D eigenvalue weighted by atomic mass is 33.2. The van der Waals surface area contributed by atoms with Gasteiger partial charge in [-0.05, 0) is 38.5 Å². The van der Waals surface area contributed by atoms with Crippen molar-refractivity contribution in [3.8, 4) is 0 Å². The summed E-state index contributed by atoms with van der Waals surface area (Å²) in [5.74, 6) is 0. The molecule has 0 aliphatic carbocycles. The van der Waals surface area contributed by atoms with Crippen molar-refractivity contribution in [2.75, 3.05) is 26.1 Å². The number of hydrogen-bond acceptors (Lipinski definition) is 5. The average molecular weight is 403 g/mol. The normalized spacial score (nSPS) is 14.6. The zero-order valence-electron chi connectivity index (χ0n) is 15.1. The molecule has 0 aliphatic heterocycles. The molecule has 0 aromatic heterocycles. The van der Waals surface area contributed by atoms with Crippen LogP contribution >= 0.6 is 9.38 Å². The highest BCUT2D eigenvalue weighted by Gasteiger charge is 2.51. The predicted molar refractivity (Wildman–Crippen MR) is 107 cm³/mol. The maximum Gasteiger partial charge on any atom is 0.567 e. The molecule has 0 bridgehead atoms. The first-order chi connectivity index (χ1) is 11.9. The molecule has 2 rings (SSSR count). The molecular weight excluding hydrogens is 376 g/mol. The van der Waals surface area contributed by atoms with E-state index in [1.54, 1.807) is 18.4 Å². The number of fused-ring (bicyclic) bond motifs is 1. The molecule has 0 saturated carbocycles. The molecule has 25 heavy (non-hydrogen) atoms. The van der Waals surface area contributed by atoms with E-state index in [1.165, 1.54) is 0 Å². The lowest BCUT2D eigenvalue weighted by Crippen LogP contribution is -2.47. The monoisotopic (exact) mass is 402 g/mol. The number of benzene rings is 2. The van der Waals surface area contributed by atoms with Crippen molar-refractivity contribution in [3.05, 3.63) is 42.5 Å². The summed E-state index contributed by atoms with van der Waals surface area (Å²) < 4.78 is 44.4. The zero-order valence-corrected chi connectivity index (χ0v) is 17.8. The Hall–Kier alpha value is -0.903. The van der Waals surface area contributed by atoms with E-state index >= 15 is 0 Å². The van der Waals surface area contributed by atoms with E-state index in [0.717, 1.165) is 5.39 Å². The second kappa shape index (κ2) is 8.66. The maximum absolute atomic E-state index is 13.4. The lowest BCUT2D eigenvalue weighted by Gasteiger charge is -2.34. The summed E-state index contributed by atoms with van der Waals surface area (Å²) in [6.45, 7) is 6.53. The first-order valence-electron chi connectivity index (χ1n) is 8.31. The molecule has 0 N–H and O–H groups in total. The fraction of sp³-hybridized carbons (Fsp3) is 0.412. The molecule has 5 nitrogen and oxygen atoms in total. The van der Waals surface area contributed by atoms with Crippen molar-refractivity contribution in [1.29, 1.82) is 0 Å². The third-order valence-electron chi connectivity index (χ3n) is 3.75. The van der Waals surface area contributed by atoms with Gasteiger partial charge in [0.2, 0.25) is 8.87 Å². The molecule has 0 saturated heterocycles. The van der Waals surface area contributed by atoms with Crippen molar-refractivity contribution in [3.63, 3.8) is 0 Å². The minimum absolute atomic E-state index is 0.315. The van der Waals surface area contributed by atoms with E-state index < -0.39 is 26.2 Å². The van der Waals surface area contributed by atoms with Crippen LogP contribution in [0.3, 0.4) is 0 Å². The third kappa shape index (κ3) is 4.10. The first-order valence-corrected chi connectivity index (χ1v) is 14.8. The number of thiol groups is 1. The van der Waals surface area contributed by atoms with Crippen LogP contribution in [0, 0.1) is 0 Å². The van der Waals surface area contributed by atoms with Gasteiger partial charge in [-0.25, -0.2) is 8.42 Å². The quantitative estimate of drug-likeness (QED) is 0.394. The predicted octanol–water partition coefficient (Wildman–Crippen LogP) is 3.70. The molecule has 0 radical (unpaired) electrons. The molecule has 1 unspecified atom stereocenters. The summed E-state index contributed by atoms with van der Waals surface area (Å²) in [5, 5.41) is 1.61. The van der Waals surface area contributed by atoms with E-state index in [0.29, 0.717) is 30.1 Å². The molecule has 140 valence electrons. The third-order valence-corrected chi connectivity index (χ3v) is 18.5. The van der Waals surface area contributed by atoms with Gasteiger partial charge in [-0.15, -0.1) is 0 Å². The van der Waals surface area contributed by atoms with Crippen LogP contribution in [0.15, 0.2) is 47.4 Å². The van der Waals surface area contributed by atoms with Crippen LogP contribution in [-0.2, 0) is 22.1 Å². The lowest BCUT2D eigenvalue weighted by atomic mass is 10.1. The van der Waals surface area contributed by atoms with Gasteiger partial charge in [0.15, 0.2) is 0 Å². The fourth-order valence-electron chi connectivity index (χ4n) is 2.66. The minimum atomic E-state index is -3.64. The van der Waals surface area contributed by atoms with Crippen molar-refractivity contribution >= 4 is 37.0 Å². The lowest BCUT2D eigenvalue weighted by molar-refractivity contribution is 0.0965. The van der Waals surface area contributed by atoms with E-state index in [9.17, 15) is 8.42 Å². The largest absolute Gasteiger partial charge is 0.567 e. The van der Waals surface area contributed by atoms with Crippen LogP contribution in [-0.4, -0.2) is 42.4 Å². The molecule has 0 fully saturated rings. The van der Waals surface area contributed by atoms with Crippen molar-refractivity contribution in [1.82, 2.24) is 0 Å². The minimum Gasteiger partial charge on any atom is -0.366 e. The van der Waals surface area contributed by atoms with Crippen LogP contribution in [0.4, 0.5) is 0 Å². The van der Waals surface area contributed by atoms with Gasteiger partial charge in [0, 0.05) is 25.2 Å². The Morgan fingerprint density at radius 3 is 1.96 bits per heavy atom. The Bertz CT molecular complexity index is 787. The molecule has 0 aliphatic rings. The van der Waals surface area contributed by atoms with Gasteiger partial charge in [-0.2, -0.15) is 0 Å². The molecule has 0 amide bonds. The van der Waals surface area contributed by atoms with Crippen LogP contribution in [0.5, 0.6) is 0 Å². The summed E-state index contributed by atoms with van der Waals surface area (Å²) in [5.41, 5.74) is 0. The molecule has 8 heteroatoms. The summed E-state index contributed by atoms with van der Waals surface area (Å²) in [7, 11) is -8.66. The Morgan fingerprint density at radius 1 is 0.880 bits per heavy atom. The van der Waals surface area contributed by atoms with Gasteiger partial charge in [0.05, 0.1) is 4.90 Å². The van der Waals surface area contributed by atoms with Crippen LogP contribution in [0.1, 0.15) is 20.8 Å². The highest BCUT2D eigenvalue weighted by molar-refractivity contribution is 8.91. The van der Waals surface area contributed by atoms with Crippen molar-refractivity contribution < 1.29 is 21.7 Å². The fourth-order valence-corrected chi connectivity index (χ4v) is 15.9. The van der Waals surface area contributed by atoms with E-state index in [-0.39, 0.29) is 0 Å². The molecule has 0 heterocycles. The molecular formula is C17H26O5S2Si. The van der Waals surface area contributed by atoms with Gasteiger partial charge in [0.25, 0.3) is 0 Å². The number of hydrogen-bond donors (Lipinski definition) is 1. The van der Waals surface area contributed by atoms with E-state index in [4.69, 9.17) is 13.3 Å². The topological polar surface area (TPSA) is 61.8 Å². The SMILES string of the molecule is CCO[Si](OCC)(OCC)[SH](C)S(=O)(=O)c1cccc2ccccc12. The Kier molecular flexibility index (Phi) is 7.07. The molecule has 0 spiro atoms. The summed E-state index contributed by atoms with van der Waals surface area (Å²) in [4.78, 5) is 0.315. The zero-order chi connectivity index (χ0) is 18.5. The molecule has 1 atom stereocenters. The van der Waals surface area contributed by atoms with E-state index in [1.807, 2.05) is 51.1 Å². The number of rotatable bonds is 9. The maximum atomic E-state index is 13.4. The van der Waals surface area contributed by atoms with E-state index in [2.05, 4.69) is 0 Å². The molecule has 2 aromatic rings. The van der Waals surface area contributed by atoms with Crippen LogP contribution in [0.25, 0.3) is 10.8 Å². The Labute approximate surface area is 153 Å². The molecule has 2 aromatic carbocycles. The summed E-state index contributed by atoms with van der Waals surface area (Å²) >= 11 is 0. The van der Waals surface area contributed by atoms with Crippen LogP contribution < -0.4 is 0 Å². The smallest absolute Gasteiger partial charge is 0.366 e. The Balaban J connectivity index is 2.58. The highest BCUT2D eigenvalue weighted by Crippen LogP contribution is 2.47. The van der Waals surface area contributed by atoms with Gasteiger partial charge in [-0.1, -0.05) is 45.8 Å². The standard InChI is InChI=1S/C17H26O5S2Si/c1-5-20-25(21-6-2,22-7-3)23(4)24(18,19)17-14-10-12-15-11-8-9-13-16(15)17/h8-14,23H,5-7H2,1-4H3. The Morgan fingerprint density at radius 2 is 1.40 bits per heavy atom. The van der Waals surface area contributed by atoms with Gasteiger partial charge in [-0.3, -0.25) is 0 Å². The van der Waals surface area contributed by atoms with Crippen LogP contribution in [0.2, 0.25) is 0 Å². The first kappa shape index (κ1) is 20.4. The summed E-state index contributed by atoms with van der Waals surface area (Å²) in [6.07, 6.45) is 1.69. The van der Waals surface area contributed by atoms with Gasteiger partial charge < -0.3 is 13.3 Å². The van der Waals surface area contributed by atoms with Gasteiger partial charge in [0.1, 0.15) is 0 Å². The second-order valence-corrected chi connectivity index (χ2v) is 17.3. The van der Waals surface area contributed by atoms with Gasteiger partial charge >= 0.3 is 7.95 Å². The van der Waals surface area contributed by atoms with Crippen molar-refractivity contribution in [2.45, 2.75) is 25.7 Å². The summed E-state index contributed by atoms with van der Waals surface area (Å²) in [6, 6.07) is 12.8. The second-order valence-electron chi connectivity index (χ2n) is 5.27.